The third kappa shape index (κ3) is 6.24. The van der Waals surface area contributed by atoms with Gasteiger partial charge >= 0.3 is 6.18 Å². The molecule has 0 aromatic heterocycles. The molecule has 0 bridgehead atoms. The third-order valence-electron chi connectivity index (χ3n) is 2.62. The van der Waals surface area contributed by atoms with Crippen molar-refractivity contribution in [3.63, 3.8) is 0 Å². The summed E-state index contributed by atoms with van der Waals surface area (Å²) in [5.74, 6) is 0.312. The summed E-state index contributed by atoms with van der Waals surface area (Å²) in [6.45, 7) is 4.04. The SMILES string of the molecule is CCC(NC)C(C)CCCC(F)(F)F. The standard InChI is InChI=1S/C10H20F3N/c1-4-9(14-3)8(2)6-5-7-10(11,12)13/h8-9,14H,4-7H2,1-3H3. The first-order valence-corrected chi connectivity index (χ1v) is 5.14. The summed E-state index contributed by atoms with van der Waals surface area (Å²) >= 11 is 0. The molecular weight excluding hydrogens is 191 g/mol. The van der Waals surface area contributed by atoms with Crippen LogP contribution in [0.4, 0.5) is 13.2 Å². The first-order valence-electron chi connectivity index (χ1n) is 5.14. The van der Waals surface area contributed by atoms with E-state index in [1.165, 1.54) is 0 Å². The lowest BCUT2D eigenvalue weighted by Gasteiger charge is -2.22. The van der Waals surface area contributed by atoms with Crippen molar-refractivity contribution in [3.05, 3.63) is 0 Å². The van der Waals surface area contributed by atoms with Gasteiger partial charge in [-0.3, -0.25) is 0 Å². The molecule has 0 saturated carbocycles. The van der Waals surface area contributed by atoms with Crippen LogP contribution in [0.15, 0.2) is 0 Å². The molecule has 0 aliphatic carbocycles. The average molecular weight is 211 g/mol. The molecule has 0 aliphatic rings. The summed E-state index contributed by atoms with van der Waals surface area (Å²) in [5.41, 5.74) is 0. The van der Waals surface area contributed by atoms with Gasteiger partial charge < -0.3 is 5.32 Å². The van der Waals surface area contributed by atoms with E-state index in [9.17, 15) is 13.2 Å². The highest BCUT2D eigenvalue weighted by Crippen LogP contribution is 2.24. The molecule has 2 unspecified atom stereocenters. The molecule has 1 nitrogen and oxygen atoms in total. The number of halogens is 3. The minimum absolute atomic E-state index is 0.239. The summed E-state index contributed by atoms with van der Waals surface area (Å²) in [5, 5.41) is 3.12. The minimum Gasteiger partial charge on any atom is -0.317 e. The Morgan fingerprint density at radius 2 is 1.86 bits per heavy atom. The Hall–Kier alpha value is -0.250. The van der Waals surface area contributed by atoms with Crippen molar-refractivity contribution in [2.24, 2.45) is 5.92 Å². The Labute approximate surface area is 84.1 Å². The molecule has 14 heavy (non-hydrogen) atoms. The van der Waals surface area contributed by atoms with Gasteiger partial charge in [-0.15, -0.1) is 0 Å². The molecule has 86 valence electrons. The van der Waals surface area contributed by atoms with E-state index in [-0.39, 0.29) is 6.42 Å². The molecule has 0 heterocycles. The zero-order chi connectivity index (χ0) is 11.2. The number of alkyl halides is 3. The van der Waals surface area contributed by atoms with Crippen LogP contribution in [0, 0.1) is 5.92 Å². The maximum absolute atomic E-state index is 11.9. The van der Waals surface area contributed by atoms with Gasteiger partial charge in [0.1, 0.15) is 0 Å². The molecule has 0 rings (SSSR count). The number of hydrogen-bond donors (Lipinski definition) is 1. The maximum Gasteiger partial charge on any atom is 0.389 e. The highest BCUT2D eigenvalue weighted by Gasteiger charge is 2.26. The number of rotatable bonds is 6. The fourth-order valence-electron chi connectivity index (χ4n) is 1.72. The van der Waals surface area contributed by atoms with Crippen molar-refractivity contribution in [3.8, 4) is 0 Å². The van der Waals surface area contributed by atoms with E-state index in [1.807, 2.05) is 20.9 Å². The van der Waals surface area contributed by atoms with Crippen LogP contribution in [0.1, 0.15) is 39.5 Å². The zero-order valence-electron chi connectivity index (χ0n) is 9.12. The topological polar surface area (TPSA) is 12.0 Å². The smallest absolute Gasteiger partial charge is 0.317 e. The van der Waals surface area contributed by atoms with E-state index in [1.54, 1.807) is 0 Å². The van der Waals surface area contributed by atoms with Gasteiger partial charge in [-0.05, 0) is 32.2 Å². The molecule has 0 aromatic rings. The lowest BCUT2D eigenvalue weighted by Crippen LogP contribution is -2.31. The van der Waals surface area contributed by atoms with Crippen LogP contribution in [-0.2, 0) is 0 Å². The van der Waals surface area contributed by atoms with Crippen LogP contribution in [0.2, 0.25) is 0 Å². The van der Waals surface area contributed by atoms with Crippen LogP contribution in [0.25, 0.3) is 0 Å². The normalized spacial score (nSPS) is 16.7. The second-order valence-corrected chi connectivity index (χ2v) is 3.79. The average Bonchev–Trinajstić information content (AvgIpc) is 2.04. The minimum atomic E-state index is -4.00. The quantitative estimate of drug-likeness (QED) is 0.710. The monoisotopic (exact) mass is 211 g/mol. The molecule has 0 saturated heterocycles. The first-order chi connectivity index (χ1) is 6.40. The van der Waals surface area contributed by atoms with E-state index < -0.39 is 12.6 Å². The summed E-state index contributed by atoms with van der Waals surface area (Å²) in [6, 6.07) is 0.336. The van der Waals surface area contributed by atoms with Crippen molar-refractivity contribution in [2.75, 3.05) is 7.05 Å². The Balaban J connectivity index is 3.67. The lowest BCUT2D eigenvalue weighted by atomic mass is 9.94. The molecule has 0 spiro atoms. The predicted octanol–water partition coefficient (Wildman–Crippen LogP) is 3.35. The molecule has 0 fully saturated rings. The Morgan fingerprint density at radius 1 is 1.29 bits per heavy atom. The molecule has 0 amide bonds. The van der Waals surface area contributed by atoms with Gasteiger partial charge in [0.25, 0.3) is 0 Å². The summed E-state index contributed by atoms with van der Waals surface area (Å²) in [7, 11) is 1.86. The van der Waals surface area contributed by atoms with Crippen molar-refractivity contribution >= 4 is 0 Å². The summed E-state index contributed by atoms with van der Waals surface area (Å²) < 4.78 is 35.6. The van der Waals surface area contributed by atoms with Crippen molar-refractivity contribution in [1.29, 1.82) is 0 Å². The Bertz CT molecular complexity index is 141. The molecular formula is C10H20F3N. The van der Waals surface area contributed by atoms with Crippen LogP contribution in [-0.4, -0.2) is 19.3 Å². The largest absolute Gasteiger partial charge is 0.389 e. The maximum atomic E-state index is 11.9. The second-order valence-electron chi connectivity index (χ2n) is 3.79. The van der Waals surface area contributed by atoms with Gasteiger partial charge in [0.15, 0.2) is 0 Å². The van der Waals surface area contributed by atoms with Gasteiger partial charge in [0, 0.05) is 12.5 Å². The van der Waals surface area contributed by atoms with Gasteiger partial charge in [-0.1, -0.05) is 13.8 Å². The van der Waals surface area contributed by atoms with Crippen LogP contribution >= 0.6 is 0 Å². The summed E-state index contributed by atoms with van der Waals surface area (Å²) in [6.07, 6.45) is -2.82. The predicted molar refractivity (Wildman–Crippen MR) is 52.2 cm³/mol. The van der Waals surface area contributed by atoms with E-state index in [4.69, 9.17) is 0 Å². The van der Waals surface area contributed by atoms with E-state index in [0.29, 0.717) is 18.4 Å². The molecule has 0 aliphatic heterocycles. The van der Waals surface area contributed by atoms with E-state index >= 15 is 0 Å². The van der Waals surface area contributed by atoms with Crippen LogP contribution < -0.4 is 5.32 Å². The van der Waals surface area contributed by atoms with Crippen molar-refractivity contribution in [2.45, 2.75) is 51.7 Å². The molecule has 4 heteroatoms. The fraction of sp³-hybridized carbons (Fsp3) is 1.00. The Kier molecular flexibility index (Phi) is 6.16. The highest BCUT2D eigenvalue weighted by atomic mass is 19.4. The van der Waals surface area contributed by atoms with Gasteiger partial charge in [-0.25, -0.2) is 0 Å². The molecule has 0 aromatic carbocycles. The molecule has 1 N–H and O–H groups in total. The van der Waals surface area contributed by atoms with Gasteiger partial charge in [0.2, 0.25) is 0 Å². The third-order valence-corrected chi connectivity index (χ3v) is 2.62. The van der Waals surface area contributed by atoms with Crippen LogP contribution in [0.5, 0.6) is 0 Å². The first kappa shape index (κ1) is 13.8. The summed E-state index contributed by atoms with van der Waals surface area (Å²) in [4.78, 5) is 0. The van der Waals surface area contributed by atoms with Crippen molar-refractivity contribution < 1.29 is 13.2 Å². The molecule has 2 atom stereocenters. The van der Waals surface area contributed by atoms with E-state index in [2.05, 4.69) is 5.32 Å². The lowest BCUT2D eigenvalue weighted by molar-refractivity contribution is -0.136. The number of nitrogens with one attached hydrogen (secondary N) is 1. The van der Waals surface area contributed by atoms with Crippen LogP contribution in [0.3, 0.4) is 0 Å². The highest BCUT2D eigenvalue weighted by molar-refractivity contribution is 4.70. The van der Waals surface area contributed by atoms with E-state index in [0.717, 1.165) is 6.42 Å². The van der Waals surface area contributed by atoms with Gasteiger partial charge in [-0.2, -0.15) is 13.2 Å². The van der Waals surface area contributed by atoms with Gasteiger partial charge in [0.05, 0.1) is 0 Å². The fourth-order valence-corrected chi connectivity index (χ4v) is 1.72. The number of hydrogen-bond acceptors (Lipinski definition) is 1. The second kappa shape index (κ2) is 6.27. The zero-order valence-corrected chi connectivity index (χ0v) is 9.12. The molecule has 0 radical (unpaired) electrons. The van der Waals surface area contributed by atoms with Crippen molar-refractivity contribution in [1.82, 2.24) is 5.32 Å². The Morgan fingerprint density at radius 3 is 2.21 bits per heavy atom.